The zero-order valence-corrected chi connectivity index (χ0v) is 15.1. The fraction of sp³-hybridized carbons (Fsp3) is 0.350. The highest BCUT2D eigenvalue weighted by atomic mass is 35.5. The van der Waals surface area contributed by atoms with Crippen molar-refractivity contribution < 1.29 is 13.9 Å². The molecule has 0 aliphatic carbocycles. The number of ether oxygens (including phenoxy) is 1. The standard InChI is InChI=1S/C20H21ClFNO2/c1-3-18(25-19-7-4-13(2)10-17(19)21)20(24)23-9-8-14-11-16(22)6-5-15(14)12-23/h4-7,10-11,18H,3,8-9,12H2,1-2H3. The molecule has 0 fully saturated rings. The summed E-state index contributed by atoms with van der Waals surface area (Å²) in [6.45, 7) is 4.91. The van der Waals surface area contributed by atoms with E-state index in [9.17, 15) is 9.18 Å². The van der Waals surface area contributed by atoms with Gasteiger partial charge in [0.25, 0.3) is 5.91 Å². The highest BCUT2D eigenvalue weighted by Gasteiger charge is 2.28. The number of halogens is 2. The van der Waals surface area contributed by atoms with Crippen molar-refractivity contribution in [1.82, 2.24) is 4.90 Å². The minimum atomic E-state index is -0.581. The minimum absolute atomic E-state index is 0.0610. The molecule has 3 nitrogen and oxygen atoms in total. The smallest absolute Gasteiger partial charge is 0.263 e. The van der Waals surface area contributed by atoms with Gasteiger partial charge >= 0.3 is 0 Å². The molecule has 1 heterocycles. The Labute approximate surface area is 152 Å². The van der Waals surface area contributed by atoms with Crippen molar-refractivity contribution in [3.63, 3.8) is 0 Å². The molecule has 0 saturated carbocycles. The fourth-order valence-electron chi connectivity index (χ4n) is 3.08. The lowest BCUT2D eigenvalue weighted by atomic mass is 9.99. The van der Waals surface area contributed by atoms with Crippen LogP contribution in [-0.4, -0.2) is 23.5 Å². The number of benzene rings is 2. The Kier molecular flexibility index (Phi) is 5.28. The summed E-state index contributed by atoms with van der Waals surface area (Å²) >= 11 is 6.22. The largest absolute Gasteiger partial charge is 0.479 e. The molecule has 0 radical (unpaired) electrons. The summed E-state index contributed by atoms with van der Waals surface area (Å²) in [4.78, 5) is 14.6. The van der Waals surface area contributed by atoms with Crippen LogP contribution < -0.4 is 4.74 Å². The fourth-order valence-corrected chi connectivity index (χ4v) is 3.36. The molecular weight excluding hydrogens is 341 g/mol. The third-order valence-electron chi connectivity index (χ3n) is 4.50. The van der Waals surface area contributed by atoms with Gasteiger partial charge in [-0.15, -0.1) is 0 Å². The quantitative estimate of drug-likeness (QED) is 0.800. The maximum absolute atomic E-state index is 13.3. The van der Waals surface area contributed by atoms with E-state index in [0.29, 0.717) is 36.7 Å². The van der Waals surface area contributed by atoms with E-state index in [1.165, 1.54) is 6.07 Å². The van der Waals surface area contributed by atoms with E-state index in [0.717, 1.165) is 16.7 Å². The summed E-state index contributed by atoms with van der Waals surface area (Å²) in [5.41, 5.74) is 3.00. The van der Waals surface area contributed by atoms with Crippen LogP contribution >= 0.6 is 11.6 Å². The molecule has 1 aliphatic heterocycles. The normalized spacial score (nSPS) is 14.8. The molecule has 25 heavy (non-hydrogen) atoms. The number of carbonyl (C=O) groups is 1. The molecule has 3 rings (SSSR count). The number of hydrogen-bond acceptors (Lipinski definition) is 2. The van der Waals surface area contributed by atoms with Crippen LogP contribution in [0.5, 0.6) is 5.75 Å². The van der Waals surface area contributed by atoms with Gasteiger partial charge in [0.05, 0.1) is 5.02 Å². The summed E-state index contributed by atoms with van der Waals surface area (Å²) in [5, 5.41) is 0.505. The van der Waals surface area contributed by atoms with E-state index < -0.39 is 6.10 Å². The van der Waals surface area contributed by atoms with Crippen molar-refractivity contribution in [2.45, 2.75) is 39.3 Å². The molecule has 0 spiro atoms. The molecule has 1 amide bonds. The second-order valence-electron chi connectivity index (χ2n) is 6.37. The number of fused-ring (bicyclic) bond motifs is 1. The van der Waals surface area contributed by atoms with Gasteiger partial charge in [-0.3, -0.25) is 4.79 Å². The Morgan fingerprint density at radius 2 is 2.08 bits per heavy atom. The molecule has 0 N–H and O–H groups in total. The summed E-state index contributed by atoms with van der Waals surface area (Å²) in [6.07, 6.45) is 0.623. The van der Waals surface area contributed by atoms with Crippen LogP contribution in [0, 0.1) is 12.7 Å². The van der Waals surface area contributed by atoms with Gasteiger partial charge in [0.15, 0.2) is 6.10 Å². The first-order valence-corrected chi connectivity index (χ1v) is 8.84. The number of amides is 1. The van der Waals surface area contributed by atoms with E-state index in [4.69, 9.17) is 16.3 Å². The third-order valence-corrected chi connectivity index (χ3v) is 4.79. The topological polar surface area (TPSA) is 29.5 Å². The van der Waals surface area contributed by atoms with Gasteiger partial charge in [0, 0.05) is 13.1 Å². The molecule has 1 aliphatic rings. The number of rotatable bonds is 4. The molecule has 2 aromatic rings. The van der Waals surface area contributed by atoms with Gasteiger partial charge in [-0.2, -0.15) is 0 Å². The lowest BCUT2D eigenvalue weighted by Gasteiger charge is -2.31. The Balaban J connectivity index is 1.73. The molecule has 0 aromatic heterocycles. The van der Waals surface area contributed by atoms with Crippen LogP contribution in [-0.2, 0) is 17.8 Å². The van der Waals surface area contributed by atoms with Crippen LogP contribution in [0.25, 0.3) is 0 Å². The number of nitrogens with zero attached hydrogens (tertiary/aromatic N) is 1. The summed E-state index contributed by atoms with van der Waals surface area (Å²) < 4.78 is 19.2. The summed E-state index contributed by atoms with van der Waals surface area (Å²) in [5.74, 6) is 0.225. The molecule has 5 heteroatoms. The van der Waals surface area contributed by atoms with Gasteiger partial charge < -0.3 is 9.64 Å². The molecule has 132 valence electrons. The predicted octanol–water partition coefficient (Wildman–Crippen LogP) is 4.53. The third kappa shape index (κ3) is 3.96. The SMILES string of the molecule is CCC(Oc1ccc(C)cc1Cl)C(=O)N1CCc2cc(F)ccc2C1. The summed E-state index contributed by atoms with van der Waals surface area (Å²) in [6, 6.07) is 10.3. The first kappa shape index (κ1) is 17.7. The first-order valence-electron chi connectivity index (χ1n) is 8.47. The molecule has 1 unspecified atom stereocenters. The Morgan fingerprint density at radius 3 is 2.80 bits per heavy atom. The van der Waals surface area contributed by atoms with Gasteiger partial charge in [-0.1, -0.05) is 30.7 Å². The number of hydrogen-bond donors (Lipinski definition) is 0. The van der Waals surface area contributed by atoms with Gasteiger partial charge in [-0.05, 0) is 60.7 Å². The average Bonchev–Trinajstić information content (AvgIpc) is 2.60. The second kappa shape index (κ2) is 7.44. The Morgan fingerprint density at radius 1 is 1.28 bits per heavy atom. The van der Waals surface area contributed by atoms with E-state index in [2.05, 4.69) is 0 Å². The van der Waals surface area contributed by atoms with E-state index in [1.807, 2.05) is 26.0 Å². The predicted molar refractivity (Wildman–Crippen MR) is 96.4 cm³/mol. The Bertz CT molecular complexity index is 793. The average molecular weight is 362 g/mol. The van der Waals surface area contributed by atoms with E-state index >= 15 is 0 Å². The summed E-state index contributed by atoms with van der Waals surface area (Å²) in [7, 11) is 0. The van der Waals surface area contributed by atoms with E-state index in [-0.39, 0.29) is 11.7 Å². The molecule has 1 atom stereocenters. The maximum atomic E-state index is 13.3. The molecule has 0 bridgehead atoms. The van der Waals surface area contributed by atoms with Crippen LogP contribution in [0.2, 0.25) is 5.02 Å². The van der Waals surface area contributed by atoms with Crippen LogP contribution in [0.15, 0.2) is 36.4 Å². The number of aryl methyl sites for hydroxylation is 1. The minimum Gasteiger partial charge on any atom is -0.479 e. The highest BCUT2D eigenvalue weighted by molar-refractivity contribution is 6.32. The van der Waals surface area contributed by atoms with Crippen LogP contribution in [0.4, 0.5) is 4.39 Å². The zero-order chi connectivity index (χ0) is 18.0. The monoisotopic (exact) mass is 361 g/mol. The van der Waals surface area contributed by atoms with Crippen LogP contribution in [0.1, 0.15) is 30.0 Å². The van der Waals surface area contributed by atoms with Crippen molar-refractivity contribution in [3.05, 3.63) is 63.9 Å². The van der Waals surface area contributed by atoms with E-state index in [1.54, 1.807) is 23.1 Å². The zero-order valence-electron chi connectivity index (χ0n) is 14.4. The maximum Gasteiger partial charge on any atom is 0.263 e. The molecule has 0 saturated heterocycles. The van der Waals surface area contributed by atoms with Crippen molar-refractivity contribution in [1.29, 1.82) is 0 Å². The second-order valence-corrected chi connectivity index (χ2v) is 6.78. The Hall–Kier alpha value is -2.07. The lowest BCUT2D eigenvalue weighted by Crippen LogP contribution is -2.44. The van der Waals surface area contributed by atoms with Crippen LogP contribution in [0.3, 0.4) is 0 Å². The molecular formula is C20H21ClFNO2. The first-order chi connectivity index (χ1) is 12.0. The van der Waals surface area contributed by atoms with Gasteiger partial charge in [0.2, 0.25) is 0 Å². The number of carbonyl (C=O) groups excluding carboxylic acids is 1. The van der Waals surface area contributed by atoms with Gasteiger partial charge in [0.1, 0.15) is 11.6 Å². The molecule has 2 aromatic carbocycles. The van der Waals surface area contributed by atoms with Crippen molar-refractivity contribution >= 4 is 17.5 Å². The van der Waals surface area contributed by atoms with Gasteiger partial charge in [-0.25, -0.2) is 4.39 Å². The van der Waals surface area contributed by atoms with Crippen molar-refractivity contribution in [2.75, 3.05) is 6.54 Å². The highest BCUT2D eigenvalue weighted by Crippen LogP contribution is 2.28. The van der Waals surface area contributed by atoms with Crippen molar-refractivity contribution in [3.8, 4) is 5.75 Å². The van der Waals surface area contributed by atoms with Crippen molar-refractivity contribution in [2.24, 2.45) is 0 Å². The lowest BCUT2D eigenvalue weighted by molar-refractivity contribution is -0.139.